The van der Waals surface area contributed by atoms with Gasteiger partial charge in [0.2, 0.25) is 0 Å². The molecule has 0 aliphatic heterocycles. The van der Waals surface area contributed by atoms with Crippen molar-refractivity contribution in [1.82, 2.24) is 19.9 Å². The van der Waals surface area contributed by atoms with Crippen LogP contribution in [0.25, 0.3) is 11.0 Å². The SMILES string of the molecule is COc1cc2nc(C(N)Cc3cnc[nH]3)[nH]c2cc1OC. The molecule has 7 heteroatoms. The molecule has 1 unspecified atom stereocenters. The highest BCUT2D eigenvalue weighted by atomic mass is 16.5. The molecule has 0 aliphatic carbocycles. The fraction of sp³-hybridized carbons (Fsp3) is 0.286. The smallest absolute Gasteiger partial charge is 0.163 e. The van der Waals surface area contributed by atoms with Crippen molar-refractivity contribution in [3.8, 4) is 11.5 Å². The summed E-state index contributed by atoms with van der Waals surface area (Å²) in [5.74, 6) is 2.02. The van der Waals surface area contributed by atoms with Gasteiger partial charge in [0.05, 0.1) is 37.6 Å². The Hall–Kier alpha value is -2.54. The zero-order valence-corrected chi connectivity index (χ0v) is 11.9. The summed E-state index contributed by atoms with van der Waals surface area (Å²) >= 11 is 0. The van der Waals surface area contributed by atoms with E-state index in [1.54, 1.807) is 26.7 Å². The lowest BCUT2D eigenvalue weighted by atomic mass is 10.2. The Kier molecular flexibility index (Phi) is 3.49. The third-order valence-electron chi connectivity index (χ3n) is 3.35. The van der Waals surface area contributed by atoms with Crippen molar-refractivity contribution >= 4 is 11.0 Å². The summed E-state index contributed by atoms with van der Waals surface area (Å²) in [6, 6.07) is 3.44. The Bertz CT molecular complexity index is 694. The van der Waals surface area contributed by atoms with Crippen molar-refractivity contribution in [1.29, 1.82) is 0 Å². The van der Waals surface area contributed by atoms with Gasteiger partial charge in [-0.3, -0.25) is 0 Å². The van der Waals surface area contributed by atoms with Crippen LogP contribution in [0.4, 0.5) is 0 Å². The summed E-state index contributed by atoms with van der Waals surface area (Å²) in [6.45, 7) is 0. The Morgan fingerprint density at radius 3 is 2.67 bits per heavy atom. The molecular formula is C14H17N5O2. The van der Waals surface area contributed by atoms with Crippen LogP contribution in [0, 0.1) is 0 Å². The van der Waals surface area contributed by atoms with Gasteiger partial charge in [-0.15, -0.1) is 0 Å². The van der Waals surface area contributed by atoms with E-state index in [1.165, 1.54) is 0 Å². The van der Waals surface area contributed by atoms with Gasteiger partial charge in [-0.2, -0.15) is 0 Å². The Balaban J connectivity index is 1.93. The number of fused-ring (bicyclic) bond motifs is 1. The van der Waals surface area contributed by atoms with Gasteiger partial charge in [-0.25, -0.2) is 9.97 Å². The van der Waals surface area contributed by atoms with Gasteiger partial charge in [-0.1, -0.05) is 0 Å². The highest BCUT2D eigenvalue weighted by Crippen LogP contribution is 2.31. The molecule has 0 spiro atoms. The van der Waals surface area contributed by atoms with Crippen LogP contribution in [-0.4, -0.2) is 34.2 Å². The predicted molar refractivity (Wildman–Crippen MR) is 78.4 cm³/mol. The maximum absolute atomic E-state index is 6.19. The second-order valence-electron chi connectivity index (χ2n) is 4.73. The van der Waals surface area contributed by atoms with Gasteiger partial charge in [-0.05, 0) is 0 Å². The van der Waals surface area contributed by atoms with Crippen LogP contribution in [0.1, 0.15) is 17.6 Å². The molecule has 0 fully saturated rings. The lowest BCUT2D eigenvalue weighted by Crippen LogP contribution is -2.15. The molecule has 110 valence electrons. The van der Waals surface area contributed by atoms with Gasteiger partial charge in [0.1, 0.15) is 5.82 Å². The number of hydrogen-bond acceptors (Lipinski definition) is 5. The topological polar surface area (TPSA) is 102 Å². The molecule has 0 saturated heterocycles. The minimum Gasteiger partial charge on any atom is -0.493 e. The first kappa shape index (κ1) is 13.4. The quantitative estimate of drug-likeness (QED) is 0.660. The van der Waals surface area contributed by atoms with E-state index in [0.29, 0.717) is 17.9 Å². The van der Waals surface area contributed by atoms with Crippen molar-refractivity contribution in [3.05, 3.63) is 36.2 Å². The summed E-state index contributed by atoms with van der Waals surface area (Å²) in [6.07, 6.45) is 4.03. The molecule has 1 atom stereocenters. The highest BCUT2D eigenvalue weighted by Gasteiger charge is 2.15. The average Bonchev–Trinajstić information content (AvgIpc) is 3.13. The van der Waals surface area contributed by atoms with Crippen LogP contribution in [0.15, 0.2) is 24.7 Å². The van der Waals surface area contributed by atoms with E-state index in [-0.39, 0.29) is 6.04 Å². The van der Waals surface area contributed by atoms with E-state index in [1.807, 2.05) is 12.1 Å². The first-order valence-electron chi connectivity index (χ1n) is 6.55. The van der Waals surface area contributed by atoms with Crippen LogP contribution in [0.5, 0.6) is 11.5 Å². The van der Waals surface area contributed by atoms with Crippen LogP contribution in [0.2, 0.25) is 0 Å². The third kappa shape index (κ3) is 2.55. The number of benzene rings is 1. The zero-order valence-electron chi connectivity index (χ0n) is 11.9. The number of rotatable bonds is 5. The van der Waals surface area contributed by atoms with E-state index in [4.69, 9.17) is 15.2 Å². The van der Waals surface area contributed by atoms with Crippen LogP contribution >= 0.6 is 0 Å². The summed E-state index contributed by atoms with van der Waals surface area (Å²) in [7, 11) is 3.20. The van der Waals surface area contributed by atoms with Crippen LogP contribution in [-0.2, 0) is 6.42 Å². The number of imidazole rings is 2. The fourth-order valence-corrected chi connectivity index (χ4v) is 2.26. The van der Waals surface area contributed by atoms with Gasteiger partial charge >= 0.3 is 0 Å². The number of nitrogens with two attached hydrogens (primary N) is 1. The normalized spacial score (nSPS) is 12.5. The van der Waals surface area contributed by atoms with Crippen molar-refractivity contribution in [3.63, 3.8) is 0 Å². The molecule has 0 aliphatic rings. The van der Waals surface area contributed by atoms with Gasteiger partial charge in [0, 0.05) is 30.4 Å². The number of nitrogens with one attached hydrogen (secondary N) is 2. The first-order valence-corrected chi connectivity index (χ1v) is 6.55. The molecule has 2 heterocycles. The molecule has 7 nitrogen and oxygen atoms in total. The molecule has 3 rings (SSSR count). The van der Waals surface area contributed by atoms with Crippen molar-refractivity contribution in [2.24, 2.45) is 5.73 Å². The molecular weight excluding hydrogens is 270 g/mol. The summed E-state index contributed by atoms with van der Waals surface area (Å²) in [4.78, 5) is 14.8. The Morgan fingerprint density at radius 2 is 2.00 bits per heavy atom. The lowest BCUT2D eigenvalue weighted by molar-refractivity contribution is 0.356. The third-order valence-corrected chi connectivity index (χ3v) is 3.35. The summed E-state index contributed by atoms with van der Waals surface area (Å²) in [5.41, 5.74) is 8.82. The van der Waals surface area contributed by atoms with E-state index < -0.39 is 0 Å². The molecule has 21 heavy (non-hydrogen) atoms. The van der Waals surface area contributed by atoms with Crippen molar-refractivity contribution in [2.45, 2.75) is 12.5 Å². The first-order chi connectivity index (χ1) is 10.2. The molecule has 0 saturated carbocycles. The van der Waals surface area contributed by atoms with Crippen LogP contribution in [0.3, 0.4) is 0 Å². The minimum atomic E-state index is -0.241. The number of aromatic nitrogens is 4. The summed E-state index contributed by atoms with van der Waals surface area (Å²) < 4.78 is 10.6. The fourth-order valence-electron chi connectivity index (χ4n) is 2.26. The predicted octanol–water partition coefficient (Wildman–Crippen LogP) is 1.55. The number of aromatic amines is 2. The number of nitrogens with zero attached hydrogens (tertiary/aromatic N) is 2. The summed E-state index contributed by atoms with van der Waals surface area (Å²) in [5, 5.41) is 0. The number of H-pyrrole nitrogens is 2. The number of hydrogen-bond donors (Lipinski definition) is 3. The molecule has 1 aromatic carbocycles. The van der Waals surface area contributed by atoms with Crippen molar-refractivity contribution in [2.75, 3.05) is 14.2 Å². The highest BCUT2D eigenvalue weighted by molar-refractivity contribution is 5.79. The monoisotopic (exact) mass is 287 g/mol. The van der Waals surface area contributed by atoms with E-state index >= 15 is 0 Å². The Morgan fingerprint density at radius 1 is 1.24 bits per heavy atom. The molecule has 4 N–H and O–H groups in total. The molecule has 0 bridgehead atoms. The zero-order chi connectivity index (χ0) is 14.8. The number of methoxy groups -OCH3 is 2. The van der Waals surface area contributed by atoms with Gasteiger partial charge in [0.25, 0.3) is 0 Å². The maximum atomic E-state index is 6.19. The second-order valence-corrected chi connectivity index (χ2v) is 4.73. The lowest BCUT2D eigenvalue weighted by Gasteiger charge is -2.06. The standard InChI is InChI=1S/C14H17N5O2/c1-20-12-4-10-11(5-13(12)21-2)19-14(18-10)9(15)3-8-6-16-7-17-8/h4-7,9H,3,15H2,1-2H3,(H,16,17)(H,18,19). The molecule has 0 amide bonds. The second kappa shape index (κ2) is 5.45. The minimum absolute atomic E-state index is 0.241. The average molecular weight is 287 g/mol. The van der Waals surface area contributed by atoms with E-state index in [2.05, 4.69) is 19.9 Å². The Labute approximate surface area is 121 Å². The van der Waals surface area contributed by atoms with Crippen LogP contribution < -0.4 is 15.2 Å². The van der Waals surface area contributed by atoms with Crippen molar-refractivity contribution < 1.29 is 9.47 Å². The van der Waals surface area contributed by atoms with E-state index in [0.717, 1.165) is 22.6 Å². The maximum Gasteiger partial charge on any atom is 0.163 e. The molecule has 0 radical (unpaired) electrons. The van der Waals surface area contributed by atoms with E-state index in [9.17, 15) is 0 Å². The van der Waals surface area contributed by atoms with Gasteiger partial charge < -0.3 is 25.2 Å². The van der Waals surface area contributed by atoms with Gasteiger partial charge in [0.15, 0.2) is 11.5 Å². The molecule has 2 aromatic heterocycles. The number of ether oxygens (including phenoxy) is 2. The molecule has 3 aromatic rings. The largest absolute Gasteiger partial charge is 0.493 e.